The molecule has 2 aromatic carbocycles. The van der Waals surface area contributed by atoms with Crippen LogP contribution < -0.4 is 5.32 Å². The molecule has 0 saturated carbocycles. The van der Waals surface area contributed by atoms with Crippen molar-refractivity contribution in [2.75, 3.05) is 13.2 Å². The van der Waals surface area contributed by atoms with Crippen molar-refractivity contribution >= 4 is 11.9 Å². The first kappa shape index (κ1) is 21.3. The highest BCUT2D eigenvalue weighted by Gasteiger charge is 2.09. The highest BCUT2D eigenvalue weighted by atomic mass is 16.5. The number of rotatable bonds is 9. The van der Waals surface area contributed by atoms with Crippen LogP contribution in [0.2, 0.25) is 0 Å². The van der Waals surface area contributed by atoms with Crippen molar-refractivity contribution in [1.29, 1.82) is 0 Å². The maximum atomic E-state index is 12.0. The molecule has 156 valence electrons. The predicted molar refractivity (Wildman–Crippen MR) is 116 cm³/mol. The van der Waals surface area contributed by atoms with Crippen molar-refractivity contribution in [2.45, 2.75) is 33.2 Å². The maximum absolute atomic E-state index is 12.0. The Hall–Kier alpha value is -3.41. The summed E-state index contributed by atoms with van der Waals surface area (Å²) in [6.07, 6.45) is 0.898. The number of carbonyl (C=O) groups excluding carboxylic acids is 2. The summed E-state index contributed by atoms with van der Waals surface area (Å²) in [7, 11) is 0. The number of nitrogens with one attached hydrogen (secondary N) is 1. The third-order valence-electron chi connectivity index (χ3n) is 4.75. The average molecular weight is 405 g/mol. The molecule has 3 aromatic rings. The smallest absolute Gasteiger partial charge is 0.310 e. The molecular formula is C24H27N3O3. The van der Waals surface area contributed by atoms with E-state index in [1.165, 1.54) is 0 Å². The second kappa shape index (κ2) is 10.4. The highest BCUT2D eigenvalue weighted by Crippen LogP contribution is 2.19. The second-order valence-electron chi connectivity index (χ2n) is 7.25. The lowest BCUT2D eigenvalue weighted by Crippen LogP contribution is -2.30. The summed E-state index contributed by atoms with van der Waals surface area (Å²) in [5.41, 5.74) is 5.15. The molecule has 0 saturated heterocycles. The van der Waals surface area contributed by atoms with Gasteiger partial charge in [0.25, 0.3) is 5.91 Å². The van der Waals surface area contributed by atoms with E-state index in [2.05, 4.69) is 10.4 Å². The minimum atomic E-state index is -0.416. The van der Waals surface area contributed by atoms with Crippen LogP contribution in [0.3, 0.4) is 0 Å². The van der Waals surface area contributed by atoms with E-state index >= 15 is 0 Å². The van der Waals surface area contributed by atoms with Gasteiger partial charge in [0.2, 0.25) is 0 Å². The molecule has 0 spiro atoms. The van der Waals surface area contributed by atoms with Gasteiger partial charge in [-0.3, -0.25) is 14.3 Å². The number of aromatic nitrogens is 2. The first-order chi connectivity index (χ1) is 14.5. The lowest BCUT2D eigenvalue weighted by Gasteiger charge is -2.08. The molecule has 1 heterocycles. The van der Waals surface area contributed by atoms with Crippen molar-refractivity contribution in [2.24, 2.45) is 0 Å². The van der Waals surface area contributed by atoms with Gasteiger partial charge in [0.05, 0.1) is 12.1 Å². The van der Waals surface area contributed by atoms with E-state index in [4.69, 9.17) is 4.74 Å². The van der Waals surface area contributed by atoms with Gasteiger partial charge in [0, 0.05) is 18.8 Å². The summed E-state index contributed by atoms with van der Waals surface area (Å²) in [5, 5.41) is 7.15. The summed E-state index contributed by atoms with van der Waals surface area (Å²) < 4.78 is 7.01. The number of esters is 1. The number of nitrogens with zero attached hydrogens (tertiary/aromatic N) is 2. The number of aryl methyl sites for hydroxylation is 3. The Morgan fingerprint density at radius 1 is 1.00 bits per heavy atom. The van der Waals surface area contributed by atoms with E-state index in [0.29, 0.717) is 6.54 Å². The summed E-state index contributed by atoms with van der Waals surface area (Å²) >= 11 is 0. The molecule has 1 N–H and O–H groups in total. The third kappa shape index (κ3) is 6.30. The SMILES string of the molecule is Cc1cc(C)n(CCCNC(=O)COC(=O)Cc2ccc(-c3ccccc3)cc2)n1. The zero-order valence-corrected chi connectivity index (χ0v) is 17.4. The minimum Gasteiger partial charge on any atom is -0.455 e. The number of hydrogen-bond donors (Lipinski definition) is 1. The molecule has 0 aliphatic rings. The Bertz CT molecular complexity index is 979. The molecule has 0 aliphatic heterocycles. The lowest BCUT2D eigenvalue weighted by atomic mass is 10.0. The Kier molecular flexibility index (Phi) is 7.38. The highest BCUT2D eigenvalue weighted by molar-refractivity contribution is 5.81. The number of amides is 1. The molecule has 1 amide bonds. The Morgan fingerprint density at radius 3 is 2.37 bits per heavy atom. The molecule has 0 unspecified atom stereocenters. The number of ether oxygens (including phenoxy) is 1. The molecule has 0 radical (unpaired) electrons. The first-order valence-corrected chi connectivity index (χ1v) is 10.1. The Labute approximate surface area is 176 Å². The van der Waals surface area contributed by atoms with Crippen LogP contribution in [0.25, 0.3) is 11.1 Å². The van der Waals surface area contributed by atoms with Crippen LogP contribution in [0.5, 0.6) is 0 Å². The van der Waals surface area contributed by atoms with Crippen molar-refractivity contribution in [3.05, 3.63) is 77.6 Å². The monoisotopic (exact) mass is 405 g/mol. The lowest BCUT2D eigenvalue weighted by molar-refractivity contribution is -0.147. The summed E-state index contributed by atoms with van der Waals surface area (Å²) in [5.74, 6) is -0.712. The molecule has 0 bridgehead atoms. The van der Waals surface area contributed by atoms with Gasteiger partial charge in [-0.05, 0) is 43.0 Å². The van der Waals surface area contributed by atoms with Crippen LogP contribution in [0.1, 0.15) is 23.4 Å². The van der Waals surface area contributed by atoms with Gasteiger partial charge in [-0.25, -0.2) is 0 Å². The van der Waals surface area contributed by atoms with Gasteiger partial charge in [-0.1, -0.05) is 54.6 Å². The average Bonchev–Trinajstić information content (AvgIpc) is 3.08. The maximum Gasteiger partial charge on any atom is 0.310 e. The molecule has 0 atom stereocenters. The topological polar surface area (TPSA) is 73.2 Å². The van der Waals surface area contributed by atoms with E-state index in [1.54, 1.807) is 0 Å². The largest absolute Gasteiger partial charge is 0.455 e. The zero-order valence-electron chi connectivity index (χ0n) is 17.4. The fourth-order valence-electron chi connectivity index (χ4n) is 3.22. The fourth-order valence-corrected chi connectivity index (χ4v) is 3.22. The van der Waals surface area contributed by atoms with Crippen molar-refractivity contribution in [3.8, 4) is 11.1 Å². The van der Waals surface area contributed by atoms with Crippen LogP contribution in [-0.2, 0) is 27.3 Å². The van der Waals surface area contributed by atoms with Crippen LogP contribution in [0.15, 0.2) is 60.7 Å². The molecular weight excluding hydrogens is 378 g/mol. The summed E-state index contributed by atoms with van der Waals surface area (Å²) in [6, 6.07) is 19.8. The van der Waals surface area contributed by atoms with Crippen LogP contribution in [0, 0.1) is 13.8 Å². The van der Waals surface area contributed by atoms with Gasteiger partial charge < -0.3 is 10.1 Å². The third-order valence-corrected chi connectivity index (χ3v) is 4.75. The first-order valence-electron chi connectivity index (χ1n) is 10.1. The fraction of sp³-hybridized carbons (Fsp3) is 0.292. The molecule has 0 fully saturated rings. The number of carbonyl (C=O) groups is 2. The zero-order chi connectivity index (χ0) is 21.3. The van der Waals surface area contributed by atoms with Gasteiger partial charge >= 0.3 is 5.97 Å². The second-order valence-corrected chi connectivity index (χ2v) is 7.25. The summed E-state index contributed by atoms with van der Waals surface area (Å²) in [6.45, 7) is 4.94. The van der Waals surface area contributed by atoms with Gasteiger partial charge in [-0.15, -0.1) is 0 Å². The quantitative estimate of drug-likeness (QED) is 0.437. The molecule has 0 aliphatic carbocycles. The van der Waals surface area contributed by atoms with Crippen molar-refractivity contribution < 1.29 is 14.3 Å². The van der Waals surface area contributed by atoms with Crippen LogP contribution in [0.4, 0.5) is 0 Å². The summed E-state index contributed by atoms with van der Waals surface area (Å²) in [4.78, 5) is 23.9. The van der Waals surface area contributed by atoms with E-state index in [1.807, 2.05) is 79.2 Å². The molecule has 6 nitrogen and oxygen atoms in total. The Morgan fingerprint density at radius 2 is 1.70 bits per heavy atom. The van der Waals surface area contributed by atoms with Gasteiger partial charge in [0.1, 0.15) is 0 Å². The molecule has 1 aromatic heterocycles. The number of hydrogen-bond acceptors (Lipinski definition) is 4. The number of benzene rings is 2. The van der Waals surface area contributed by atoms with E-state index in [9.17, 15) is 9.59 Å². The van der Waals surface area contributed by atoms with Gasteiger partial charge in [-0.2, -0.15) is 5.10 Å². The van der Waals surface area contributed by atoms with E-state index < -0.39 is 5.97 Å². The predicted octanol–water partition coefficient (Wildman–Crippen LogP) is 3.46. The van der Waals surface area contributed by atoms with Crippen molar-refractivity contribution in [1.82, 2.24) is 15.1 Å². The van der Waals surface area contributed by atoms with Gasteiger partial charge in [0.15, 0.2) is 6.61 Å². The molecule has 30 heavy (non-hydrogen) atoms. The minimum absolute atomic E-state index is 0.139. The normalized spacial score (nSPS) is 10.6. The molecule has 6 heteroatoms. The standard InChI is InChI=1S/C24H27N3O3/c1-18-15-19(2)27(26-18)14-6-13-25-23(28)17-30-24(29)16-20-9-11-22(12-10-20)21-7-4-3-5-8-21/h3-5,7-12,15H,6,13-14,16-17H2,1-2H3,(H,25,28). The van der Waals surface area contributed by atoms with Crippen LogP contribution in [-0.4, -0.2) is 34.8 Å². The van der Waals surface area contributed by atoms with E-state index in [-0.39, 0.29) is 18.9 Å². The van der Waals surface area contributed by atoms with E-state index in [0.717, 1.165) is 41.0 Å². The Balaban J connectivity index is 1.35. The molecule has 3 rings (SSSR count). The van der Waals surface area contributed by atoms with Crippen LogP contribution >= 0.6 is 0 Å². The van der Waals surface area contributed by atoms with Crippen molar-refractivity contribution in [3.63, 3.8) is 0 Å².